The molecule has 2 aromatic rings. The number of nitrogens with zero attached hydrogens (tertiary/aromatic N) is 1. The van der Waals surface area contributed by atoms with Crippen molar-refractivity contribution in [1.82, 2.24) is 15.5 Å². The van der Waals surface area contributed by atoms with Gasteiger partial charge in [-0.3, -0.25) is 5.10 Å². The zero-order valence-electron chi connectivity index (χ0n) is 11.1. The van der Waals surface area contributed by atoms with Crippen LogP contribution in [-0.4, -0.2) is 17.2 Å². The van der Waals surface area contributed by atoms with Crippen LogP contribution in [-0.2, 0) is 13.2 Å². The number of aromatic amines is 1. The van der Waals surface area contributed by atoms with Gasteiger partial charge in [-0.05, 0) is 33.0 Å². The summed E-state index contributed by atoms with van der Waals surface area (Å²) in [6.45, 7) is 5.38. The van der Waals surface area contributed by atoms with Crippen LogP contribution in [0, 0.1) is 13.8 Å². The van der Waals surface area contributed by atoms with Crippen LogP contribution in [0.4, 0.5) is 0 Å². The molecule has 1 heterocycles. The average molecular weight is 245 g/mol. The standard InChI is InChI=1S/C14H19N3O/c1-10-4-6-12(7-5-10)18-9-14-13(8-15-3)11(2)16-17-14/h4-7,15H,8-9H2,1-3H3,(H,16,17). The molecule has 0 fully saturated rings. The van der Waals surface area contributed by atoms with Gasteiger partial charge in [0.2, 0.25) is 0 Å². The lowest BCUT2D eigenvalue weighted by Gasteiger charge is -2.06. The minimum Gasteiger partial charge on any atom is -0.487 e. The van der Waals surface area contributed by atoms with Crippen molar-refractivity contribution < 1.29 is 4.74 Å². The molecule has 2 N–H and O–H groups in total. The highest BCUT2D eigenvalue weighted by Crippen LogP contribution is 2.16. The Hall–Kier alpha value is -1.81. The molecule has 0 unspecified atom stereocenters. The first kappa shape index (κ1) is 12.6. The van der Waals surface area contributed by atoms with Crippen molar-refractivity contribution in [3.63, 3.8) is 0 Å². The van der Waals surface area contributed by atoms with Gasteiger partial charge in [-0.15, -0.1) is 0 Å². The normalized spacial score (nSPS) is 10.6. The Bertz CT molecular complexity index is 502. The van der Waals surface area contributed by atoms with Crippen LogP contribution in [0.25, 0.3) is 0 Å². The molecule has 1 aromatic carbocycles. The van der Waals surface area contributed by atoms with Gasteiger partial charge in [0.1, 0.15) is 18.1 Å². The fraction of sp³-hybridized carbons (Fsp3) is 0.357. The van der Waals surface area contributed by atoms with E-state index in [2.05, 4.69) is 22.4 Å². The number of hydrogen-bond donors (Lipinski definition) is 2. The summed E-state index contributed by atoms with van der Waals surface area (Å²) in [6.07, 6.45) is 0. The summed E-state index contributed by atoms with van der Waals surface area (Å²) in [7, 11) is 1.93. The molecule has 0 radical (unpaired) electrons. The second kappa shape index (κ2) is 5.69. The Morgan fingerprint density at radius 3 is 2.61 bits per heavy atom. The number of aromatic nitrogens is 2. The van der Waals surface area contributed by atoms with Crippen molar-refractivity contribution in [2.24, 2.45) is 0 Å². The van der Waals surface area contributed by atoms with Crippen molar-refractivity contribution in [2.45, 2.75) is 27.0 Å². The van der Waals surface area contributed by atoms with Gasteiger partial charge in [-0.1, -0.05) is 17.7 Å². The molecule has 0 spiro atoms. The fourth-order valence-electron chi connectivity index (χ4n) is 1.82. The minimum absolute atomic E-state index is 0.490. The van der Waals surface area contributed by atoms with Crippen LogP contribution < -0.4 is 10.1 Å². The fourth-order valence-corrected chi connectivity index (χ4v) is 1.82. The van der Waals surface area contributed by atoms with E-state index in [0.29, 0.717) is 6.61 Å². The molecular formula is C14H19N3O. The minimum atomic E-state index is 0.490. The Morgan fingerprint density at radius 1 is 1.22 bits per heavy atom. The molecule has 1 aromatic heterocycles. The lowest BCUT2D eigenvalue weighted by molar-refractivity contribution is 0.299. The molecule has 0 saturated heterocycles. The summed E-state index contributed by atoms with van der Waals surface area (Å²) >= 11 is 0. The van der Waals surface area contributed by atoms with E-state index in [1.807, 2.05) is 38.2 Å². The molecule has 0 aliphatic rings. The zero-order valence-corrected chi connectivity index (χ0v) is 11.1. The molecule has 96 valence electrons. The molecule has 4 nitrogen and oxygen atoms in total. The first-order chi connectivity index (χ1) is 8.70. The highest BCUT2D eigenvalue weighted by molar-refractivity contribution is 5.28. The van der Waals surface area contributed by atoms with Crippen LogP contribution in [0.15, 0.2) is 24.3 Å². The van der Waals surface area contributed by atoms with Gasteiger partial charge < -0.3 is 10.1 Å². The number of ether oxygens (including phenoxy) is 1. The van der Waals surface area contributed by atoms with Crippen LogP contribution >= 0.6 is 0 Å². The van der Waals surface area contributed by atoms with Gasteiger partial charge in [0.25, 0.3) is 0 Å². The van der Waals surface area contributed by atoms with Crippen molar-refractivity contribution in [2.75, 3.05) is 7.05 Å². The average Bonchev–Trinajstić information content (AvgIpc) is 2.71. The largest absolute Gasteiger partial charge is 0.487 e. The van der Waals surface area contributed by atoms with E-state index < -0.39 is 0 Å². The first-order valence-electron chi connectivity index (χ1n) is 6.07. The topological polar surface area (TPSA) is 49.9 Å². The zero-order chi connectivity index (χ0) is 13.0. The molecular weight excluding hydrogens is 226 g/mol. The monoisotopic (exact) mass is 245 g/mol. The van der Waals surface area contributed by atoms with Crippen LogP contribution in [0.3, 0.4) is 0 Å². The summed E-state index contributed by atoms with van der Waals surface area (Å²) in [5.41, 5.74) is 4.47. The third kappa shape index (κ3) is 2.90. The van der Waals surface area contributed by atoms with Gasteiger partial charge in [0.15, 0.2) is 0 Å². The van der Waals surface area contributed by atoms with E-state index in [0.717, 1.165) is 23.7 Å². The number of rotatable bonds is 5. The molecule has 0 aliphatic heterocycles. The molecule has 0 bridgehead atoms. The van der Waals surface area contributed by atoms with E-state index in [1.54, 1.807) is 0 Å². The summed E-state index contributed by atoms with van der Waals surface area (Å²) in [6, 6.07) is 8.04. The van der Waals surface area contributed by atoms with Gasteiger partial charge >= 0.3 is 0 Å². The highest BCUT2D eigenvalue weighted by atomic mass is 16.5. The third-order valence-electron chi connectivity index (χ3n) is 2.91. The molecule has 0 aliphatic carbocycles. The predicted octanol–water partition coefficient (Wildman–Crippen LogP) is 2.32. The summed E-state index contributed by atoms with van der Waals surface area (Å²) < 4.78 is 5.74. The Balaban J connectivity index is 2.03. The molecule has 4 heteroatoms. The Kier molecular flexibility index (Phi) is 3.99. The van der Waals surface area contributed by atoms with Crippen LogP contribution in [0.2, 0.25) is 0 Å². The van der Waals surface area contributed by atoms with E-state index in [9.17, 15) is 0 Å². The van der Waals surface area contributed by atoms with Crippen LogP contribution in [0.1, 0.15) is 22.5 Å². The van der Waals surface area contributed by atoms with Crippen molar-refractivity contribution in [3.8, 4) is 5.75 Å². The van der Waals surface area contributed by atoms with E-state index in [4.69, 9.17) is 4.74 Å². The highest BCUT2D eigenvalue weighted by Gasteiger charge is 2.09. The van der Waals surface area contributed by atoms with Gasteiger partial charge in [0, 0.05) is 17.8 Å². The maximum atomic E-state index is 5.74. The summed E-state index contributed by atoms with van der Waals surface area (Å²) in [5, 5.41) is 10.4. The predicted molar refractivity (Wildman–Crippen MR) is 71.6 cm³/mol. The van der Waals surface area contributed by atoms with Crippen molar-refractivity contribution >= 4 is 0 Å². The van der Waals surface area contributed by atoms with E-state index in [1.165, 1.54) is 11.1 Å². The van der Waals surface area contributed by atoms with Crippen molar-refractivity contribution in [1.29, 1.82) is 0 Å². The van der Waals surface area contributed by atoms with Gasteiger partial charge in [0.05, 0.1) is 0 Å². The van der Waals surface area contributed by atoms with E-state index in [-0.39, 0.29) is 0 Å². The molecule has 0 saturated carbocycles. The van der Waals surface area contributed by atoms with Crippen molar-refractivity contribution in [3.05, 3.63) is 46.8 Å². The van der Waals surface area contributed by atoms with Gasteiger partial charge in [-0.2, -0.15) is 5.10 Å². The SMILES string of the molecule is CNCc1c(COc2ccc(C)cc2)n[nH]c1C. The molecule has 18 heavy (non-hydrogen) atoms. The molecule has 0 atom stereocenters. The second-order valence-corrected chi connectivity index (χ2v) is 4.41. The number of hydrogen-bond acceptors (Lipinski definition) is 3. The molecule has 2 rings (SSSR count). The second-order valence-electron chi connectivity index (χ2n) is 4.41. The summed E-state index contributed by atoms with van der Waals surface area (Å²) in [5.74, 6) is 0.872. The Morgan fingerprint density at radius 2 is 1.94 bits per heavy atom. The number of nitrogens with one attached hydrogen (secondary N) is 2. The maximum Gasteiger partial charge on any atom is 0.132 e. The summed E-state index contributed by atoms with van der Waals surface area (Å²) in [4.78, 5) is 0. The lowest BCUT2D eigenvalue weighted by Crippen LogP contribution is -2.09. The van der Waals surface area contributed by atoms with E-state index >= 15 is 0 Å². The number of benzene rings is 1. The first-order valence-corrected chi connectivity index (χ1v) is 6.07. The maximum absolute atomic E-state index is 5.74. The smallest absolute Gasteiger partial charge is 0.132 e. The quantitative estimate of drug-likeness (QED) is 0.850. The number of H-pyrrole nitrogens is 1. The Labute approximate surface area is 107 Å². The third-order valence-corrected chi connectivity index (χ3v) is 2.91. The number of aryl methyl sites for hydroxylation is 2. The lowest BCUT2D eigenvalue weighted by atomic mass is 10.2. The van der Waals surface area contributed by atoms with Crippen LogP contribution in [0.5, 0.6) is 5.75 Å². The molecule has 0 amide bonds. The van der Waals surface area contributed by atoms with Gasteiger partial charge in [-0.25, -0.2) is 0 Å².